The Bertz CT molecular complexity index is 1080. The number of nitrogens with one attached hydrogen (secondary N) is 2. The van der Waals surface area contributed by atoms with Crippen LogP contribution < -0.4 is 5.32 Å². The fourth-order valence-corrected chi connectivity index (χ4v) is 3.10. The molecule has 4 aromatic rings. The van der Waals surface area contributed by atoms with Gasteiger partial charge in [-0.25, -0.2) is 0 Å². The summed E-state index contributed by atoms with van der Waals surface area (Å²) in [6.45, 7) is 3.95. The zero-order chi connectivity index (χ0) is 16.7. The molecule has 118 valence electrons. The number of aromatic amines is 1. The molecule has 24 heavy (non-hydrogen) atoms. The standard InChI is InChI=1S/C21H18N2O/c1-13-7-8-14(2)17(11-13)21(24)22-15-9-10-20-18(12-15)16-5-3-4-6-19(16)23-20/h3-12,23H,1-2H3,(H,22,24). The van der Waals surface area contributed by atoms with Gasteiger partial charge in [0.15, 0.2) is 0 Å². The Labute approximate surface area is 140 Å². The number of hydrogen-bond acceptors (Lipinski definition) is 1. The second kappa shape index (κ2) is 5.53. The Morgan fingerprint density at radius 1 is 0.875 bits per heavy atom. The lowest BCUT2D eigenvalue weighted by atomic mass is 10.0. The largest absolute Gasteiger partial charge is 0.355 e. The van der Waals surface area contributed by atoms with E-state index in [2.05, 4.69) is 22.4 Å². The lowest BCUT2D eigenvalue weighted by molar-refractivity contribution is 0.102. The van der Waals surface area contributed by atoms with Gasteiger partial charge in [0.1, 0.15) is 0 Å². The van der Waals surface area contributed by atoms with Crippen molar-refractivity contribution in [1.82, 2.24) is 4.98 Å². The first-order valence-electron chi connectivity index (χ1n) is 8.01. The third-order valence-electron chi connectivity index (χ3n) is 4.40. The van der Waals surface area contributed by atoms with Gasteiger partial charge in [0.25, 0.3) is 5.91 Å². The Kier molecular flexibility index (Phi) is 3.35. The number of benzene rings is 3. The van der Waals surface area contributed by atoms with E-state index in [1.807, 2.05) is 62.4 Å². The van der Waals surface area contributed by atoms with Gasteiger partial charge in [-0.05, 0) is 49.7 Å². The topological polar surface area (TPSA) is 44.9 Å². The van der Waals surface area contributed by atoms with Gasteiger partial charge < -0.3 is 10.3 Å². The maximum absolute atomic E-state index is 12.6. The second-order valence-electron chi connectivity index (χ2n) is 6.20. The highest BCUT2D eigenvalue weighted by Crippen LogP contribution is 2.28. The molecule has 0 saturated heterocycles. The summed E-state index contributed by atoms with van der Waals surface area (Å²) in [7, 11) is 0. The van der Waals surface area contributed by atoms with Gasteiger partial charge in [-0.2, -0.15) is 0 Å². The number of H-pyrrole nitrogens is 1. The predicted octanol–water partition coefficient (Wildman–Crippen LogP) is 5.19. The number of rotatable bonds is 2. The van der Waals surface area contributed by atoms with Crippen LogP contribution in [0.5, 0.6) is 0 Å². The first-order chi connectivity index (χ1) is 11.6. The van der Waals surface area contributed by atoms with Crippen molar-refractivity contribution in [2.24, 2.45) is 0 Å². The maximum Gasteiger partial charge on any atom is 0.255 e. The third-order valence-corrected chi connectivity index (χ3v) is 4.40. The summed E-state index contributed by atoms with van der Waals surface area (Å²) < 4.78 is 0. The fraction of sp³-hybridized carbons (Fsp3) is 0.0952. The number of anilines is 1. The van der Waals surface area contributed by atoms with Crippen LogP contribution >= 0.6 is 0 Å². The maximum atomic E-state index is 12.6. The predicted molar refractivity (Wildman–Crippen MR) is 99.7 cm³/mol. The Morgan fingerprint density at radius 3 is 2.54 bits per heavy atom. The number of amides is 1. The quantitative estimate of drug-likeness (QED) is 0.525. The van der Waals surface area contributed by atoms with Crippen molar-refractivity contribution >= 4 is 33.4 Å². The molecule has 0 fully saturated rings. The van der Waals surface area contributed by atoms with E-state index < -0.39 is 0 Å². The van der Waals surface area contributed by atoms with Crippen LogP contribution in [0.4, 0.5) is 5.69 Å². The minimum absolute atomic E-state index is 0.0737. The molecule has 0 aliphatic rings. The van der Waals surface area contributed by atoms with Gasteiger partial charge in [0, 0.05) is 33.1 Å². The minimum atomic E-state index is -0.0737. The molecule has 0 bridgehead atoms. The number of hydrogen-bond donors (Lipinski definition) is 2. The summed E-state index contributed by atoms with van der Waals surface area (Å²) in [6, 6.07) is 20.1. The highest BCUT2D eigenvalue weighted by atomic mass is 16.1. The molecule has 0 radical (unpaired) electrons. The molecule has 3 heteroatoms. The smallest absolute Gasteiger partial charge is 0.255 e. The zero-order valence-corrected chi connectivity index (χ0v) is 13.7. The van der Waals surface area contributed by atoms with Gasteiger partial charge >= 0.3 is 0 Å². The van der Waals surface area contributed by atoms with Gasteiger partial charge in [-0.3, -0.25) is 4.79 Å². The van der Waals surface area contributed by atoms with Crippen LogP contribution in [-0.4, -0.2) is 10.9 Å². The third kappa shape index (κ3) is 2.44. The Morgan fingerprint density at radius 2 is 1.67 bits per heavy atom. The van der Waals surface area contributed by atoms with Crippen LogP contribution in [0.25, 0.3) is 21.8 Å². The number of para-hydroxylation sites is 1. The molecular weight excluding hydrogens is 296 g/mol. The molecule has 1 amide bonds. The minimum Gasteiger partial charge on any atom is -0.355 e. The van der Waals surface area contributed by atoms with E-state index >= 15 is 0 Å². The molecule has 3 nitrogen and oxygen atoms in total. The van der Waals surface area contributed by atoms with E-state index in [1.165, 1.54) is 0 Å². The Hall–Kier alpha value is -3.07. The van der Waals surface area contributed by atoms with Crippen molar-refractivity contribution in [1.29, 1.82) is 0 Å². The monoisotopic (exact) mass is 314 g/mol. The van der Waals surface area contributed by atoms with E-state index in [1.54, 1.807) is 0 Å². The molecule has 0 unspecified atom stereocenters. The van der Waals surface area contributed by atoms with E-state index in [4.69, 9.17) is 0 Å². The highest BCUT2D eigenvalue weighted by Gasteiger charge is 2.11. The van der Waals surface area contributed by atoms with Gasteiger partial charge in [-0.15, -0.1) is 0 Å². The highest BCUT2D eigenvalue weighted by molar-refractivity contribution is 6.10. The molecule has 4 rings (SSSR count). The summed E-state index contributed by atoms with van der Waals surface area (Å²) in [6.07, 6.45) is 0. The number of fused-ring (bicyclic) bond motifs is 3. The number of carbonyl (C=O) groups is 1. The average Bonchev–Trinajstić information content (AvgIpc) is 2.95. The molecule has 0 aliphatic carbocycles. The molecule has 0 atom stereocenters. The molecule has 0 saturated carbocycles. The number of aryl methyl sites for hydroxylation is 2. The summed E-state index contributed by atoms with van der Waals surface area (Å²) >= 11 is 0. The fourth-order valence-electron chi connectivity index (χ4n) is 3.10. The van der Waals surface area contributed by atoms with Crippen molar-refractivity contribution in [3.8, 4) is 0 Å². The number of carbonyl (C=O) groups excluding carboxylic acids is 1. The van der Waals surface area contributed by atoms with Crippen LogP contribution in [0.3, 0.4) is 0 Å². The van der Waals surface area contributed by atoms with E-state index in [9.17, 15) is 4.79 Å². The Balaban J connectivity index is 1.73. The van der Waals surface area contributed by atoms with E-state index in [0.29, 0.717) is 5.56 Å². The van der Waals surface area contributed by atoms with E-state index in [-0.39, 0.29) is 5.91 Å². The summed E-state index contributed by atoms with van der Waals surface area (Å²) in [5, 5.41) is 5.30. The lowest BCUT2D eigenvalue weighted by Gasteiger charge is -2.09. The first kappa shape index (κ1) is 14.5. The lowest BCUT2D eigenvalue weighted by Crippen LogP contribution is -2.13. The molecule has 1 heterocycles. The summed E-state index contributed by atoms with van der Waals surface area (Å²) in [5.41, 5.74) is 5.75. The summed E-state index contributed by atoms with van der Waals surface area (Å²) in [4.78, 5) is 16.0. The van der Waals surface area contributed by atoms with Crippen LogP contribution in [0, 0.1) is 13.8 Å². The SMILES string of the molecule is Cc1ccc(C)c(C(=O)Nc2ccc3[nH]c4ccccc4c3c2)c1. The average molecular weight is 314 g/mol. The molecule has 0 aliphatic heterocycles. The summed E-state index contributed by atoms with van der Waals surface area (Å²) in [5.74, 6) is -0.0737. The van der Waals surface area contributed by atoms with E-state index in [0.717, 1.165) is 38.6 Å². The van der Waals surface area contributed by atoms with Crippen LogP contribution in [0.2, 0.25) is 0 Å². The van der Waals surface area contributed by atoms with Gasteiger partial charge in [0.05, 0.1) is 0 Å². The van der Waals surface area contributed by atoms with Crippen LogP contribution in [0.1, 0.15) is 21.5 Å². The van der Waals surface area contributed by atoms with Gasteiger partial charge in [-0.1, -0.05) is 35.9 Å². The second-order valence-corrected chi connectivity index (χ2v) is 6.20. The van der Waals surface area contributed by atoms with Crippen LogP contribution in [-0.2, 0) is 0 Å². The zero-order valence-electron chi connectivity index (χ0n) is 13.7. The first-order valence-corrected chi connectivity index (χ1v) is 8.01. The van der Waals surface area contributed by atoms with Crippen molar-refractivity contribution in [2.75, 3.05) is 5.32 Å². The molecular formula is C21H18N2O. The molecule has 1 aromatic heterocycles. The van der Waals surface area contributed by atoms with Crippen molar-refractivity contribution in [3.05, 3.63) is 77.4 Å². The normalized spacial score (nSPS) is 11.1. The van der Waals surface area contributed by atoms with Gasteiger partial charge in [0.2, 0.25) is 0 Å². The number of aromatic nitrogens is 1. The molecule has 0 spiro atoms. The van der Waals surface area contributed by atoms with Crippen molar-refractivity contribution in [3.63, 3.8) is 0 Å². The van der Waals surface area contributed by atoms with Crippen LogP contribution in [0.15, 0.2) is 60.7 Å². The van der Waals surface area contributed by atoms with Crippen molar-refractivity contribution < 1.29 is 4.79 Å². The van der Waals surface area contributed by atoms with Crippen molar-refractivity contribution in [2.45, 2.75) is 13.8 Å². The molecule has 2 N–H and O–H groups in total. The molecule has 3 aromatic carbocycles.